The predicted molar refractivity (Wildman–Crippen MR) is 58.8 cm³/mol. The maximum Gasteiger partial charge on any atom is 0.330 e. The summed E-state index contributed by atoms with van der Waals surface area (Å²) in [7, 11) is 0. The second-order valence-corrected chi connectivity index (χ2v) is 2.88. The van der Waals surface area contributed by atoms with Crippen LogP contribution in [0.5, 0.6) is 0 Å². The zero-order valence-electron chi connectivity index (χ0n) is 9.57. The van der Waals surface area contributed by atoms with Crippen molar-refractivity contribution in [2.75, 3.05) is 0 Å². The Kier molecular flexibility index (Phi) is 9.52. The van der Waals surface area contributed by atoms with E-state index in [1.807, 2.05) is 6.92 Å². The van der Waals surface area contributed by atoms with Crippen molar-refractivity contribution < 1.29 is 19.8 Å². The molecular weight excluding hydrogens is 196 g/mol. The number of hydrogen-bond donors (Lipinski definition) is 2. The topological polar surface area (TPSA) is 74.6 Å². The lowest BCUT2D eigenvalue weighted by Crippen LogP contribution is -1.94. The van der Waals surface area contributed by atoms with Crippen LogP contribution in [0.15, 0.2) is 23.3 Å². The number of rotatable bonds is 3. The Bertz CT molecular complexity index is 274. The second kappa shape index (κ2) is 8.99. The molecule has 0 atom stereocenters. The molecule has 0 aromatic carbocycles. The molecule has 0 fully saturated rings. The van der Waals surface area contributed by atoms with Gasteiger partial charge in [-0.15, -0.1) is 0 Å². The Morgan fingerprint density at radius 3 is 1.53 bits per heavy atom. The van der Waals surface area contributed by atoms with Crippen molar-refractivity contribution in [1.29, 1.82) is 0 Å². The number of carboxylic acid groups (broad SMARTS) is 2. The van der Waals surface area contributed by atoms with E-state index in [1.54, 1.807) is 32.9 Å². The lowest BCUT2D eigenvalue weighted by molar-refractivity contribution is -0.133. The van der Waals surface area contributed by atoms with Gasteiger partial charge in [-0.1, -0.05) is 19.1 Å². The molecule has 0 rings (SSSR count). The summed E-state index contributed by atoms with van der Waals surface area (Å²) in [5.41, 5.74) is 0.813. The lowest BCUT2D eigenvalue weighted by atomic mass is 10.2. The van der Waals surface area contributed by atoms with Crippen LogP contribution in [-0.4, -0.2) is 22.2 Å². The van der Waals surface area contributed by atoms with Gasteiger partial charge >= 0.3 is 11.9 Å². The van der Waals surface area contributed by atoms with Crippen molar-refractivity contribution in [2.24, 2.45) is 0 Å². The standard InChI is InChI=1S/C6H10O2.C5H8O2/c1-3-4-5(2)6(7)8;1-3-4(2)5(6)7/h4H,3H2,1-2H3,(H,7,8);3H,1-2H3,(H,6,7). The van der Waals surface area contributed by atoms with Gasteiger partial charge in [0, 0.05) is 11.1 Å². The summed E-state index contributed by atoms with van der Waals surface area (Å²) < 4.78 is 0. The highest BCUT2D eigenvalue weighted by Gasteiger charge is 1.95. The molecule has 0 heterocycles. The zero-order valence-corrected chi connectivity index (χ0v) is 9.57. The number of carboxylic acids is 2. The molecule has 0 unspecified atom stereocenters. The normalized spacial score (nSPS) is 11.5. The molecule has 0 aliphatic carbocycles. The van der Waals surface area contributed by atoms with E-state index in [1.165, 1.54) is 0 Å². The monoisotopic (exact) mass is 214 g/mol. The van der Waals surface area contributed by atoms with Crippen LogP contribution in [0, 0.1) is 0 Å². The third-order valence-corrected chi connectivity index (χ3v) is 1.62. The van der Waals surface area contributed by atoms with Crippen LogP contribution in [-0.2, 0) is 9.59 Å². The summed E-state index contributed by atoms with van der Waals surface area (Å²) in [5.74, 6) is -1.67. The van der Waals surface area contributed by atoms with E-state index in [0.29, 0.717) is 11.1 Å². The molecule has 15 heavy (non-hydrogen) atoms. The van der Waals surface area contributed by atoms with Gasteiger partial charge in [0.2, 0.25) is 0 Å². The highest BCUT2D eigenvalue weighted by Crippen LogP contribution is 1.92. The molecule has 0 saturated carbocycles. The Morgan fingerprint density at radius 1 is 1.07 bits per heavy atom. The zero-order chi connectivity index (χ0) is 12.4. The molecule has 0 aliphatic heterocycles. The molecule has 0 aromatic rings. The van der Waals surface area contributed by atoms with Crippen molar-refractivity contribution in [2.45, 2.75) is 34.1 Å². The van der Waals surface area contributed by atoms with Crippen LogP contribution in [0.2, 0.25) is 0 Å². The molecule has 86 valence electrons. The van der Waals surface area contributed by atoms with Crippen molar-refractivity contribution in [1.82, 2.24) is 0 Å². The molecule has 0 aliphatic rings. The van der Waals surface area contributed by atoms with Gasteiger partial charge in [-0.3, -0.25) is 0 Å². The molecule has 4 heteroatoms. The summed E-state index contributed by atoms with van der Waals surface area (Å²) in [6, 6.07) is 0. The highest BCUT2D eigenvalue weighted by atomic mass is 16.4. The second-order valence-electron chi connectivity index (χ2n) is 2.88. The summed E-state index contributed by atoms with van der Waals surface area (Å²) >= 11 is 0. The first kappa shape index (κ1) is 15.9. The molecule has 2 N–H and O–H groups in total. The van der Waals surface area contributed by atoms with Crippen molar-refractivity contribution in [3.63, 3.8) is 0 Å². The minimum absolute atomic E-state index is 0.389. The fraction of sp³-hybridized carbons (Fsp3) is 0.455. The van der Waals surface area contributed by atoms with Gasteiger partial charge in [0.25, 0.3) is 0 Å². The Morgan fingerprint density at radius 2 is 1.47 bits per heavy atom. The first-order valence-corrected chi connectivity index (χ1v) is 4.63. The quantitative estimate of drug-likeness (QED) is 0.708. The molecule has 0 bridgehead atoms. The fourth-order valence-corrected chi connectivity index (χ4v) is 0.517. The summed E-state index contributed by atoms with van der Waals surface area (Å²) in [6.07, 6.45) is 4.03. The van der Waals surface area contributed by atoms with Crippen LogP contribution >= 0.6 is 0 Å². The Labute approximate surface area is 89.9 Å². The van der Waals surface area contributed by atoms with Gasteiger partial charge in [-0.25, -0.2) is 9.59 Å². The van der Waals surface area contributed by atoms with Crippen LogP contribution in [0.4, 0.5) is 0 Å². The van der Waals surface area contributed by atoms with E-state index >= 15 is 0 Å². The molecule has 0 aromatic heterocycles. The summed E-state index contributed by atoms with van der Waals surface area (Å²) in [4.78, 5) is 19.9. The molecule has 0 saturated heterocycles. The number of carbonyl (C=O) groups is 2. The number of aliphatic carboxylic acids is 2. The smallest absolute Gasteiger partial charge is 0.330 e. The molecule has 0 amide bonds. The average Bonchev–Trinajstić information content (AvgIpc) is 2.17. The van der Waals surface area contributed by atoms with Gasteiger partial charge in [-0.2, -0.15) is 0 Å². The molecular formula is C11H18O4. The molecule has 4 nitrogen and oxygen atoms in total. The van der Waals surface area contributed by atoms with E-state index in [9.17, 15) is 9.59 Å². The van der Waals surface area contributed by atoms with Gasteiger partial charge in [0.05, 0.1) is 0 Å². The first-order valence-electron chi connectivity index (χ1n) is 4.63. The maximum absolute atomic E-state index is 10.0. The molecule has 0 spiro atoms. The van der Waals surface area contributed by atoms with Crippen molar-refractivity contribution in [3.05, 3.63) is 23.3 Å². The largest absolute Gasteiger partial charge is 0.478 e. The molecule has 0 radical (unpaired) electrons. The van der Waals surface area contributed by atoms with Gasteiger partial charge in [0.15, 0.2) is 0 Å². The van der Waals surface area contributed by atoms with Gasteiger partial charge in [0.1, 0.15) is 0 Å². The summed E-state index contributed by atoms with van der Waals surface area (Å²) in [6.45, 7) is 6.75. The predicted octanol–water partition coefficient (Wildman–Crippen LogP) is 2.46. The highest BCUT2D eigenvalue weighted by molar-refractivity contribution is 5.85. The average molecular weight is 214 g/mol. The van der Waals surface area contributed by atoms with Crippen molar-refractivity contribution >= 4 is 11.9 Å². The van der Waals surface area contributed by atoms with Crippen LogP contribution < -0.4 is 0 Å². The van der Waals surface area contributed by atoms with Gasteiger partial charge in [-0.05, 0) is 27.2 Å². The van der Waals surface area contributed by atoms with Crippen LogP contribution in [0.1, 0.15) is 34.1 Å². The SMILES string of the molecule is CC=C(C)C(=O)O.CCC=C(C)C(=O)O. The van der Waals surface area contributed by atoms with E-state index in [-0.39, 0.29) is 0 Å². The van der Waals surface area contributed by atoms with Crippen molar-refractivity contribution in [3.8, 4) is 0 Å². The minimum Gasteiger partial charge on any atom is -0.478 e. The Balaban J connectivity index is 0. The number of hydrogen-bond acceptors (Lipinski definition) is 2. The lowest BCUT2D eigenvalue weighted by Gasteiger charge is -1.87. The fourth-order valence-electron chi connectivity index (χ4n) is 0.517. The van der Waals surface area contributed by atoms with Gasteiger partial charge < -0.3 is 10.2 Å². The van der Waals surface area contributed by atoms with E-state index in [2.05, 4.69) is 0 Å². The van der Waals surface area contributed by atoms with Crippen LogP contribution in [0.25, 0.3) is 0 Å². The Hall–Kier alpha value is -1.58. The minimum atomic E-state index is -0.845. The number of allylic oxidation sites excluding steroid dienone is 2. The van der Waals surface area contributed by atoms with Crippen LogP contribution in [0.3, 0.4) is 0 Å². The maximum atomic E-state index is 10.0. The third-order valence-electron chi connectivity index (χ3n) is 1.62. The first-order chi connectivity index (χ1) is 6.86. The van der Waals surface area contributed by atoms with E-state index in [4.69, 9.17) is 10.2 Å². The van der Waals surface area contributed by atoms with E-state index < -0.39 is 11.9 Å². The van der Waals surface area contributed by atoms with E-state index in [0.717, 1.165) is 6.42 Å². The third kappa shape index (κ3) is 10.3. The summed E-state index contributed by atoms with van der Waals surface area (Å²) in [5, 5.41) is 16.4.